The first-order chi connectivity index (χ1) is 12.6. The molecule has 2 aliphatic heterocycles. The molecule has 7 heteroatoms. The number of halogens is 1. The molecule has 1 atom stereocenters. The summed E-state index contributed by atoms with van der Waals surface area (Å²) >= 11 is 2.05. The molecule has 0 radical (unpaired) electrons. The maximum absolute atomic E-state index is 13.9. The number of benzene rings is 1. The van der Waals surface area contributed by atoms with Gasteiger partial charge in [0.25, 0.3) is 0 Å². The van der Waals surface area contributed by atoms with Gasteiger partial charge in [-0.2, -0.15) is 11.8 Å². The minimum absolute atomic E-state index is 0.225. The van der Waals surface area contributed by atoms with E-state index < -0.39 is 0 Å². The van der Waals surface area contributed by atoms with Gasteiger partial charge >= 0.3 is 0 Å². The van der Waals surface area contributed by atoms with Gasteiger partial charge in [-0.3, -0.25) is 4.99 Å². The van der Waals surface area contributed by atoms with Crippen molar-refractivity contribution in [3.8, 4) is 5.75 Å². The Labute approximate surface area is 159 Å². The molecule has 144 valence electrons. The van der Waals surface area contributed by atoms with E-state index in [9.17, 15) is 4.39 Å². The third kappa shape index (κ3) is 4.62. The second-order valence-corrected chi connectivity index (χ2v) is 8.33. The van der Waals surface area contributed by atoms with Crippen molar-refractivity contribution < 1.29 is 13.9 Å². The van der Waals surface area contributed by atoms with Crippen LogP contribution >= 0.6 is 11.8 Å². The maximum atomic E-state index is 13.9. The van der Waals surface area contributed by atoms with Crippen LogP contribution in [0.25, 0.3) is 0 Å². The molecule has 0 amide bonds. The van der Waals surface area contributed by atoms with E-state index >= 15 is 0 Å². The van der Waals surface area contributed by atoms with E-state index in [4.69, 9.17) is 9.47 Å². The molecule has 1 N–H and O–H groups in total. The van der Waals surface area contributed by atoms with Crippen molar-refractivity contribution in [2.75, 3.05) is 39.2 Å². The number of thioether (sulfide) groups is 1. The number of nitrogens with one attached hydrogen (secondary N) is 1. The third-order valence-electron chi connectivity index (χ3n) is 4.78. The first kappa shape index (κ1) is 19.3. The van der Waals surface area contributed by atoms with Crippen LogP contribution in [0.15, 0.2) is 17.1 Å². The van der Waals surface area contributed by atoms with Gasteiger partial charge in [-0.05, 0) is 30.0 Å². The van der Waals surface area contributed by atoms with E-state index in [0.717, 1.165) is 41.7 Å². The van der Waals surface area contributed by atoms with Crippen LogP contribution in [0, 0.1) is 11.7 Å². The summed E-state index contributed by atoms with van der Waals surface area (Å²) in [6, 6.07) is 3.04. The lowest BCUT2D eigenvalue weighted by molar-refractivity contribution is -0.0172. The number of nitrogens with zero attached hydrogens (tertiary/aromatic N) is 2. The monoisotopic (exact) mass is 381 g/mol. The third-order valence-corrected chi connectivity index (χ3v) is 6.32. The lowest BCUT2D eigenvalue weighted by atomic mass is 10.1. The van der Waals surface area contributed by atoms with Gasteiger partial charge in [0.1, 0.15) is 11.6 Å². The van der Waals surface area contributed by atoms with Crippen LogP contribution in [0.4, 0.5) is 4.39 Å². The highest BCUT2D eigenvalue weighted by atomic mass is 32.2. The summed E-state index contributed by atoms with van der Waals surface area (Å²) in [5, 5.41) is 4.06. The fourth-order valence-corrected chi connectivity index (χ4v) is 4.65. The van der Waals surface area contributed by atoms with Crippen molar-refractivity contribution in [3.05, 3.63) is 29.1 Å². The summed E-state index contributed by atoms with van der Waals surface area (Å²) in [5.74, 6) is 3.22. The first-order valence-corrected chi connectivity index (χ1v) is 10.2. The van der Waals surface area contributed by atoms with Crippen LogP contribution in [0.5, 0.6) is 5.75 Å². The van der Waals surface area contributed by atoms with Gasteiger partial charge in [0.05, 0.1) is 6.61 Å². The Morgan fingerprint density at radius 3 is 3.08 bits per heavy atom. The molecule has 0 spiro atoms. The number of aliphatic imine (C=N–C) groups is 1. The van der Waals surface area contributed by atoms with E-state index in [2.05, 4.69) is 29.1 Å². The lowest BCUT2D eigenvalue weighted by Crippen LogP contribution is -2.49. The van der Waals surface area contributed by atoms with Crippen molar-refractivity contribution >= 4 is 17.7 Å². The maximum Gasteiger partial charge on any atom is 0.193 e. The van der Waals surface area contributed by atoms with E-state index in [1.165, 1.54) is 6.07 Å². The summed E-state index contributed by atoms with van der Waals surface area (Å²) in [7, 11) is 1.82. The normalized spacial score (nSPS) is 20.7. The highest BCUT2D eigenvalue weighted by molar-refractivity contribution is 8.00. The summed E-state index contributed by atoms with van der Waals surface area (Å²) in [6.07, 6.45) is 0.676. The Kier molecular flexibility index (Phi) is 6.64. The minimum Gasteiger partial charge on any atom is -0.467 e. The van der Waals surface area contributed by atoms with Gasteiger partial charge in [-0.1, -0.05) is 13.8 Å². The fraction of sp³-hybridized carbons (Fsp3) is 0.632. The fourth-order valence-electron chi connectivity index (χ4n) is 3.35. The standard InChI is InChI=1S/C19H28FN3O2S/c1-13(2)17-10-23(6-7-26-17)19(21-3)22-5-4-14-8-16(20)9-15-11-24-12-25-18(14)15/h8-9,13,17H,4-7,10-12H2,1-3H3,(H,21,22). The Bertz CT molecular complexity index is 654. The van der Waals surface area contributed by atoms with E-state index in [-0.39, 0.29) is 12.6 Å². The predicted molar refractivity (Wildman–Crippen MR) is 104 cm³/mol. The predicted octanol–water partition coefficient (Wildman–Crippen LogP) is 2.88. The zero-order chi connectivity index (χ0) is 18.5. The largest absolute Gasteiger partial charge is 0.467 e. The average molecular weight is 382 g/mol. The van der Waals surface area contributed by atoms with Crippen LogP contribution in [0.1, 0.15) is 25.0 Å². The SMILES string of the molecule is CN=C(NCCc1cc(F)cc2c1OCOC2)N1CCSC(C(C)C)C1. The molecule has 1 aromatic rings. The van der Waals surface area contributed by atoms with Gasteiger partial charge in [-0.25, -0.2) is 4.39 Å². The molecule has 1 saturated heterocycles. The van der Waals surface area contributed by atoms with Crippen LogP contribution in [-0.2, 0) is 17.8 Å². The Balaban J connectivity index is 1.59. The van der Waals surface area contributed by atoms with Gasteiger partial charge in [0, 0.05) is 43.2 Å². The molecule has 0 aromatic heterocycles. The van der Waals surface area contributed by atoms with Crippen LogP contribution in [0.2, 0.25) is 0 Å². The van der Waals surface area contributed by atoms with Crippen molar-refractivity contribution in [2.24, 2.45) is 10.9 Å². The second kappa shape index (κ2) is 8.95. The zero-order valence-electron chi connectivity index (χ0n) is 15.8. The van der Waals surface area contributed by atoms with Gasteiger partial charge < -0.3 is 19.7 Å². The van der Waals surface area contributed by atoms with Crippen molar-refractivity contribution in [1.29, 1.82) is 0 Å². The lowest BCUT2D eigenvalue weighted by Gasteiger charge is -2.36. The summed E-state index contributed by atoms with van der Waals surface area (Å²) in [5.41, 5.74) is 1.66. The smallest absolute Gasteiger partial charge is 0.193 e. The minimum atomic E-state index is -0.245. The van der Waals surface area contributed by atoms with Crippen LogP contribution < -0.4 is 10.1 Å². The number of ether oxygens (including phenoxy) is 2. The quantitative estimate of drug-likeness (QED) is 0.642. The number of guanidine groups is 1. The van der Waals surface area contributed by atoms with Gasteiger partial charge in [0.2, 0.25) is 0 Å². The number of hydrogen-bond acceptors (Lipinski definition) is 4. The molecular formula is C19H28FN3O2S. The first-order valence-electron chi connectivity index (χ1n) is 9.17. The van der Waals surface area contributed by atoms with E-state index in [0.29, 0.717) is 30.7 Å². The summed E-state index contributed by atoms with van der Waals surface area (Å²) < 4.78 is 24.7. The zero-order valence-corrected chi connectivity index (χ0v) is 16.6. The molecule has 0 bridgehead atoms. The molecule has 0 saturated carbocycles. The molecule has 3 rings (SSSR count). The highest BCUT2D eigenvalue weighted by Gasteiger charge is 2.25. The van der Waals surface area contributed by atoms with Gasteiger partial charge in [-0.15, -0.1) is 0 Å². The molecule has 0 aliphatic carbocycles. The Hall–Kier alpha value is -1.47. The molecule has 2 aliphatic rings. The van der Waals surface area contributed by atoms with Crippen molar-refractivity contribution in [2.45, 2.75) is 32.1 Å². The number of hydrogen-bond donors (Lipinski definition) is 1. The number of fused-ring (bicyclic) bond motifs is 1. The molecule has 1 unspecified atom stereocenters. The topological polar surface area (TPSA) is 46.1 Å². The highest BCUT2D eigenvalue weighted by Crippen LogP contribution is 2.29. The average Bonchev–Trinajstić information content (AvgIpc) is 2.65. The Morgan fingerprint density at radius 2 is 2.31 bits per heavy atom. The van der Waals surface area contributed by atoms with Gasteiger partial charge in [0.15, 0.2) is 12.8 Å². The summed E-state index contributed by atoms with van der Waals surface area (Å²) in [4.78, 5) is 6.76. The summed E-state index contributed by atoms with van der Waals surface area (Å²) in [6.45, 7) is 7.87. The van der Waals surface area contributed by atoms with E-state index in [1.54, 1.807) is 6.07 Å². The molecule has 2 heterocycles. The Morgan fingerprint density at radius 1 is 1.46 bits per heavy atom. The molecule has 1 aromatic carbocycles. The van der Waals surface area contributed by atoms with Crippen molar-refractivity contribution in [3.63, 3.8) is 0 Å². The van der Waals surface area contributed by atoms with Crippen LogP contribution in [0.3, 0.4) is 0 Å². The molecule has 5 nitrogen and oxygen atoms in total. The van der Waals surface area contributed by atoms with Crippen LogP contribution in [-0.4, -0.2) is 55.3 Å². The second-order valence-electron chi connectivity index (χ2n) is 6.99. The molecule has 26 heavy (non-hydrogen) atoms. The van der Waals surface area contributed by atoms with E-state index in [1.807, 2.05) is 18.8 Å². The molecular weight excluding hydrogens is 353 g/mol. The molecule has 1 fully saturated rings. The van der Waals surface area contributed by atoms with Crippen molar-refractivity contribution in [1.82, 2.24) is 10.2 Å². The number of rotatable bonds is 4.